The van der Waals surface area contributed by atoms with Crippen LogP contribution in [0.1, 0.15) is 24.5 Å². The minimum atomic E-state index is 0. The van der Waals surface area contributed by atoms with Crippen molar-refractivity contribution in [2.24, 2.45) is 4.99 Å². The van der Waals surface area contributed by atoms with Crippen LogP contribution in [0.3, 0.4) is 0 Å². The number of nitrogens with one attached hydrogen (secondary N) is 1. The third-order valence-electron chi connectivity index (χ3n) is 3.80. The van der Waals surface area contributed by atoms with Crippen LogP contribution in [0, 0.1) is 6.92 Å². The zero-order chi connectivity index (χ0) is 16.9. The molecule has 0 unspecified atom stereocenters. The molecule has 3 rings (SSSR count). The van der Waals surface area contributed by atoms with Crippen LogP contribution in [0.4, 0.5) is 5.13 Å². The first kappa shape index (κ1) is 19.8. The Labute approximate surface area is 168 Å². The highest BCUT2D eigenvalue weighted by molar-refractivity contribution is 14.0. The predicted molar refractivity (Wildman–Crippen MR) is 108 cm³/mol. The number of hydrogen-bond donors (Lipinski definition) is 1. The lowest BCUT2D eigenvalue weighted by Gasteiger charge is -2.36. The summed E-state index contributed by atoms with van der Waals surface area (Å²) in [7, 11) is 1.78. The Morgan fingerprint density at radius 2 is 2.04 bits per heavy atom. The number of guanidine groups is 1. The second-order valence-corrected chi connectivity index (χ2v) is 6.19. The fourth-order valence-electron chi connectivity index (χ4n) is 2.53. The summed E-state index contributed by atoms with van der Waals surface area (Å²) in [4.78, 5) is 17.6. The lowest BCUT2D eigenvalue weighted by molar-refractivity contribution is 0.353. The third-order valence-corrected chi connectivity index (χ3v) is 4.62. The van der Waals surface area contributed by atoms with Crippen LogP contribution in [0.15, 0.2) is 9.52 Å². The lowest BCUT2D eigenvalue weighted by Crippen LogP contribution is -2.52. The van der Waals surface area contributed by atoms with Gasteiger partial charge in [0, 0.05) is 51.2 Å². The average molecular weight is 478 g/mol. The van der Waals surface area contributed by atoms with Crippen molar-refractivity contribution < 1.29 is 4.52 Å². The molecule has 11 heteroatoms. The van der Waals surface area contributed by atoms with Crippen LogP contribution >= 0.6 is 35.5 Å². The van der Waals surface area contributed by atoms with Gasteiger partial charge in [0.1, 0.15) is 5.82 Å². The molecule has 3 heterocycles. The SMILES string of the molecule is CCc1nsc(N2CCN(C(=NC)NCc3nc(C)no3)CC2)n1.I. The normalized spacial score (nSPS) is 15.2. The maximum atomic E-state index is 5.12. The van der Waals surface area contributed by atoms with Gasteiger partial charge in [-0.1, -0.05) is 12.1 Å². The van der Waals surface area contributed by atoms with E-state index in [9.17, 15) is 0 Å². The molecule has 0 atom stereocenters. The standard InChI is InChI=1S/C14H22N8OS.HI/c1-4-11-18-14(24-20-11)22-7-5-21(6-8-22)13(15-3)16-9-12-17-10(2)19-23-12;/h4-9H2,1-3H3,(H,15,16);1H. The molecule has 0 amide bonds. The van der Waals surface area contributed by atoms with Crippen LogP contribution in [-0.2, 0) is 13.0 Å². The number of aryl methyl sites for hydroxylation is 2. The second kappa shape index (κ2) is 9.27. The first-order chi connectivity index (χ1) is 11.7. The minimum Gasteiger partial charge on any atom is -0.347 e. The van der Waals surface area contributed by atoms with Crippen LogP contribution in [0.2, 0.25) is 0 Å². The highest BCUT2D eigenvalue weighted by Crippen LogP contribution is 2.19. The molecule has 0 bridgehead atoms. The topological polar surface area (TPSA) is 95.6 Å². The van der Waals surface area contributed by atoms with Crippen molar-refractivity contribution in [3.63, 3.8) is 0 Å². The number of aliphatic imine (C=N–C) groups is 1. The van der Waals surface area contributed by atoms with Gasteiger partial charge in [0.15, 0.2) is 11.8 Å². The molecule has 1 aliphatic heterocycles. The molecule has 0 aromatic carbocycles. The summed E-state index contributed by atoms with van der Waals surface area (Å²) < 4.78 is 9.48. The van der Waals surface area contributed by atoms with E-state index in [1.54, 1.807) is 14.0 Å². The van der Waals surface area contributed by atoms with Gasteiger partial charge in [0.05, 0.1) is 6.54 Å². The molecule has 0 radical (unpaired) electrons. The maximum Gasteiger partial charge on any atom is 0.246 e. The molecule has 1 N–H and O–H groups in total. The fraction of sp³-hybridized carbons (Fsp3) is 0.643. The molecular formula is C14H23IN8OS. The fourth-order valence-corrected chi connectivity index (χ4v) is 3.33. The highest BCUT2D eigenvalue weighted by Gasteiger charge is 2.22. The Bertz CT molecular complexity index is 695. The van der Waals surface area contributed by atoms with Crippen molar-refractivity contribution >= 4 is 46.6 Å². The van der Waals surface area contributed by atoms with Crippen molar-refractivity contribution in [3.05, 3.63) is 17.5 Å². The number of hydrogen-bond acceptors (Lipinski definition) is 8. The molecule has 25 heavy (non-hydrogen) atoms. The molecule has 9 nitrogen and oxygen atoms in total. The summed E-state index contributed by atoms with van der Waals surface area (Å²) in [6, 6.07) is 0. The number of halogens is 1. The molecule has 1 saturated heterocycles. The second-order valence-electron chi connectivity index (χ2n) is 5.46. The van der Waals surface area contributed by atoms with E-state index in [-0.39, 0.29) is 24.0 Å². The van der Waals surface area contributed by atoms with Crippen LogP contribution in [0.25, 0.3) is 0 Å². The van der Waals surface area contributed by atoms with Crippen LogP contribution < -0.4 is 10.2 Å². The van der Waals surface area contributed by atoms with E-state index in [1.165, 1.54) is 11.5 Å². The molecule has 1 aliphatic rings. The van der Waals surface area contributed by atoms with Gasteiger partial charge in [-0.25, -0.2) is 4.98 Å². The zero-order valence-corrected chi connectivity index (χ0v) is 17.7. The van der Waals surface area contributed by atoms with Gasteiger partial charge in [-0.15, -0.1) is 24.0 Å². The van der Waals surface area contributed by atoms with Gasteiger partial charge in [0.2, 0.25) is 11.0 Å². The third kappa shape index (κ3) is 5.00. The number of anilines is 1. The number of aromatic nitrogens is 4. The molecule has 1 fully saturated rings. The van der Waals surface area contributed by atoms with Crippen molar-refractivity contribution in [3.8, 4) is 0 Å². The molecular weight excluding hydrogens is 455 g/mol. The van der Waals surface area contributed by atoms with Crippen molar-refractivity contribution in [2.45, 2.75) is 26.8 Å². The molecule has 2 aromatic rings. The Hall–Kier alpha value is -1.50. The number of piperazine rings is 1. The van der Waals surface area contributed by atoms with E-state index < -0.39 is 0 Å². The Balaban J connectivity index is 0.00000225. The number of nitrogens with zero attached hydrogens (tertiary/aromatic N) is 7. The first-order valence-electron chi connectivity index (χ1n) is 8.02. The molecule has 0 spiro atoms. The van der Waals surface area contributed by atoms with E-state index in [0.29, 0.717) is 18.3 Å². The van der Waals surface area contributed by atoms with E-state index in [4.69, 9.17) is 4.52 Å². The Kier molecular flexibility index (Phi) is 7.35. The summed E-state index contributed by atoms with van der Waals surface area (Å²) in [5, 5.41) is 8.07. The molecule has 0 saturated carbocycles. The quantitative estimate of drug-likeness (QED) is 0.400. The summed E-state index contributed by atoms with van der Waals surface area (Å²) in [5.74, 6) is 2.97. The average Bonchev–Trinajstić information content (AvgIpc) is 3.25. The van der Waals surface area contributed by atoms with E-state index in [1.807, 2.05) is 0 Å². The monoisotopic (exact) mass is 478 g/mol. The van der Waals surface area contributed by atoms with Gasteiger partial charge in [-0.3, -0.25) is 4.99 Å². The summed E-state index contributed by atoms with van der Waals surface area (Å²) in [6.07, 6.45) is 0.877. The first-order valence-corrected chi connectivity index (χ1v) is 8.79. The van der Waals surface area contributed by atoms with Crippen LogP contribution in [-0.4, -0.2) is 63.6 Å². The minimum absolute atomic E-state index is 0. The van der Waals surface area contributed by atoms with E-state index in [2.05, 4.69) is 46.5 Å². The van der Waals surface area contributed by atoms with Gasteiger partial charge < -0.3 is 19.6 Å². The van der Waals surface area contributed by atoms with Crippen molar-refractivity contribution in [1.82, 2.24) is 29.7 Å². The maximum absolute atomic E-state index is 5.12. The van der Waals surface area contributed by atoms with Gasteiger partial charge in [-0.05, 0) is 6.92 Å². The molecule has 0 aliphatic carbocycles. The largest absolute Gasteiger partial charge is 0.347 e. The Morgan fingerprint density at radius 1 is 1.28 bits per heavy atom. The van der Waals surface area contributed by atoms with Gasteiger partial charge in [0.25, 0.3) is 0 Å². The summed E-state index contributed by atoms with van der Waals surface area (Å²) in [6.45, 7) is 7.91. The highest BCUT2D eigenvalue weighted by atomic mass is 127. The Morgan fingerprint density at radius 3 is 2.60 bits per heavy atom. The van der Waals surface area contributed by atoms with Gasteiger partial charge in [-0.2, -0.15) is 9.36 Å². The molecule has 138 valence electrons. The van der Waals surface area contributed by atoms with Crippen molar-refractivity contribution in [1.29, 1.82) is 0 Å². The van der Waals surface area contributed by atoms with Gasteiger partial charge >= 0.3 is 0 Å². The lowest BCUT2D eigenvalue weighted by atomic mass is 10.3. The molecule has 2 aromatic heterocycles. The van der Waals surface area contributed by atoms with Crippen molar-refractivity contribution in [2.75, 3.05) is 38.1 Å². The smallest absolute Gasteiger partial charge is 0.246 e. The van der Waals surface area contributed by atoms with Crippen LogP contribution in [0.5, 0.6) is 0 Å². The number of rotatable bonds is 4. The summed E-state index contributed by atoms with van der Waals surface area (Å²) in [5.41, 5.74) is 0. The summed E-state index contributed by atoms with van der Waals surface area (Å²) >= 11 is 1.48. The predicted octanol–water partition coefficient (Wildman–Crippen LogP) is 1.31. The van der Waals surface area contributed by atoms with E-state index in [0.717, 1.165) is 49.5 Å². The van der Waals surface area contributed by atoms with E-state index >= 15 is 0 Å². The zero-order valence-electron chi connectivity index (χ0n) is 14.6.